The van der Waals surface area contributed by atoms with E-state index in [2.05, 4.69) is 15.4 Å². The normalized spacial score (nSPS) is 11.1. The second-order valence-corrected chi connectivity index (χ2v) is 2.60. The van der Waals surface area contributed by atoms with Crippen LogP contribution >= 0.6 is 0 Å². The Morgan fingerprint density at radius 3 is 2.46 bits per heavy atom. The van der Waals surface area contributed by atoms with Crippen LogP contribution in [-0.2, 0) is 0 Å². The molecule has 0 bridgehead atoms. The van der Waals surface area contributed by atoms with Crippen LogP contribution in [0.1, 0.15) is 5.56 Å². The molecule has 68 valence electrons. The van der Waals surface area contributed by atoms with Crippen LogP contribution in [0.2, 0.25) is 0 Å². The Morgan fingerprint density at radius 2 is 1.77 bits per heavy atom. The summed E-state index contributed by atoms with van der Waals surface area (Å²) < 4.78 is 38.6. The van der Waals surface area contributed by atoms with E-state index in [0.717, 1.165) is 0 Å². The molecule has 1 N–H and O–H groups in total. The van der Waals surface area contributed by atoms with Gasteiger partial charge in [0.1, 0.15) is 11.0 Å². The van der Waals surface area contributed by atoms with Gasteiger partial charge in [-0.15, -0.1) is 5.10 Å². The molecule has 0 saturated heterocycles. The van der Waals surface area contributed by atoms with Crippen LogP contribution in [0, 0.1) is 24.4 Å². The second kappa shape index (κ2) is 2.45. The van der Waals surface area contributed by atoms with Gasteiger partial charge in [0.05, 0.1) is 0 Å². The van der Waals surface area contributed by atoms with Gasteiger partial charge in [-0.3, -0.25) is 5.10 Å². The summed E-state index contributed by atoms with van der Waals surface area (Å²) in [5, 5.41) is 8.84. The first-order chi connectivity index (χ1) is 6.13. The quantitative estimate of drug-likeness (QED) is 0.637. The molecule has 0 spiro atoms. The molecule has 0 saturated carbocycles. The Hall–Kier alpha value is -1.59. The maximum absolute atomic E-state index is 12.9. The molecule has 13 heavy (non-hydrogen) atoms. The summed E-state index contributed by atoms with van der Waals surface area (Å²) in [7, 11) is 0. The first kappa shape index (κ1) is 8.03. The molecule has 1 aromatic heterocycles. The number of aromatic nitrogens is 3. The van der Waals surface area contributed by atoms with E-state index in [-0.39, 0.29) is 16.6 Å². The molecule has 0 aliphatic carbocycles. The molecule has 1 heterocycles. The van der Waals surface area contributed by atoms with Crippen molar-refractivity contribution in [2.75, 3.05) is 0 Å². The van der Waals surface area contributed by atoms with Crippen LogP contribution in [0.3, 0.4) is 0 Å². The summed E-state index contributed by atoms with van der Waals surface area (Å²) in [6.45, 7) is 1.31. The lowest BCUT2D eigenvalue weighted by atomic mass is 10.2. The van der Waals surface area contributed by atoms with Crippen LogP contribution in [0.15, 0.2) is 0 Å². The van der Waals surface area contributed by atoms with Crippen molar-refractivity contribution in [2.24, 2.45) is 0 Å². The summed E-state index contributed by atoms with van der Waals surface area (Å²) >= 11 is 0. The summed E-state index contributed by atoms with van der Waals surface area (Å²) in [4.78, 5) is 0. The highest BCUT2D eigenvalue weighted by Crippen LogP contribution is 2.23. The predicted molar refractivity (Wildman–Crippen MR) is 38.5 cm³/mol. The predicted octanol–water partition coefficient (Wildman–Crippen LogP) is 1.68. The second-order valence-electron chi connectivity index (χ2n) is 2.60. The van der Waals surface area contributed by atoms with Crippen molar-refractivity contribution in [3.8, 4) is 0 Å². The number of rotatable bonds is 0. The smallest absolute Gasteiger partial charge is 0.197 e. The van der Waals surface area contributed by atoms with Crippen LogP contribution in [0.5, 0.6) is 0 Å². The van der Waals surface area contributed by atoms with Crippen LogP contribution in [0.4, 0.5) is 13.2 Å². The number of hydrogen-bond acceptors (Lipinski definition) is 2. The zero-order valence-electron chi connectivity index (χ0n) is 6.53. The van der Waals surface area contributed by atoms with Gasteiger partial charge < -0.3 is 0 Å². The molecule has 0 amide bonds. The molecule has 6 heteroatoms. The maximum Gasteiger partial charge on any atom is 0.197 e. The van der Waals surface area contributed by atoms with E-state index in [4.69, 9.17) is 0 Å². The number of hydrogen-bond donors (Lipinski definition) is 1. The van der Waals surface area contributed by atoms with Gasteiger partial charge in [-0.05, 0) is 6.92 Å². The van der Waals surface area contributed by atoms with E-state index in [1.54, 1.807) is 0 Å². The first-order valence-electron chi connectivity index (χ1n) is 3.46. The van der Waals surface area contributed by atoms with Gasteiger partial charge in [-0.1, -0.05) is 5.21 Å². The number of H-pyrrole nitrogens is 1. The van der Waals surface area contributed by atoms with Gasteiger partial charge in [0.25, 0.3) is 0 Å². The molecule has 0 atom stereocenters. The highest BCUT2D eigenvalue weighted by molar-refractivity contribution is 5.78. The van der Waals surface area contributed by atoms with Crippen molar-refractivity contribution >= 4 is 11.0 Å². The molecule has 0 aliphatic heterocycles. The van der Waals surface area contributed by atoms with Crippen molar-refractivity contribution in [3.63, 3.8) is 0 Å². The zero-order valence-corrected chi connectivity index (χ0v) is 6.53. The largest absolute Gasteiger partial charge is 0.254 e. The van der Waals surface area contributed by atoms with Crippen LogP contribution < -0.4 is 0 Å². The third kappa shape index (κ3) is 0.912. The van der Waals surface area contributed by atoms with Crippen molar-refractivity contribution in [1.29, 1.82) is 0 Å². The van der Waals surface area contributed by atoms with E-state index >= 15 is 0 Å². The van der Waals surface area contributed by atoms with Crippen molar-refractivity contribution < 1.29 is 13.2 Å². The standard InChI is InChI=1S/C7H4F3N3/c1-2-3(8)4(9)5(10)7-6(2)11-13-12-7/h1H3,(H,11,12,13). The van der Waals surface area contributed by atoms with Gasteiger partial charge in [-0.2, -0.15) is 0 Å². The monoisotopic (exact) mass is 187 g/mol. The molecule has 0 unspecified atom stereocenters. The summed E-state index contributed by atoms with van der Waals surface area (Å²) in [6.07, 6.45) is 0. The van der Waals surface area contributed by atoms with Crippen molar-refractivity contribution in [2.45, 2.75) is 6.92 Å². The van der Waals surface area contributed by atoms with Gasteiger partial charge in [0.2, 0.25) is 0 Å². The lowest BCUT2D eigenvalue weighted by molar-refractivity contribution is 0.449. The maximum atomic E-state index is 12.9. The van der Waals surface area contributed by atoms with Crippen molar-refractivity contribution in [1.82, 2.24) is 15.4 Å². The lowest BCUT2D eigenvalue weighted by Gasteiger charge is -1.99. The summed E-state index contributed by atoms with van der Waals surface area (Å²) in [6, 6.07) is 0. The van der Waals surface area contributed by atoms with Crippen LogP contribution in [-0.4, -0.2) is 15.4 Å². The summed E-state index contributed by atoms with van der Waals surface area (Å²) in [5.41, 5.74) is -0.254. The molecule has 0 fully saturated rings. The molecule has 1 aromatic carbocycles. The van der Waals surface area contributed by atoms with E-state index < -0.39 is 17.5 Å². The number of aromatic amines is 1. The SMILES string of the molecule is Cc1c(F)c(F)c(F)c2[nH]nnc12. The highest BCUT2D eigenvalue weighted by Gasteiger charge is 2.19. The zero-order chi connectivity index (χ0) is 9.59. The average Bonchev–Trinajstić information content (AvgIpc) is 2.59. The molecule has 0 aliphatic rings. The molecule has 2 aromatic rings. The molecule has 3 nitrogen and oxygen atoms in total. The molecule has 0 radical (unpaired) electrons. The number of benzene rings is 1. The number of nitrogens with zero attached hydrogens (tertiary/aromatic N) is 2. The summed E-state index contributed by atoms with van der Waals surface area (Å²) in [5.74, 6) is -4.02. The van der Waals surface area contributed by atoms with E-state index in [0.29, 0.717) is 0 Å². The number of halogens is 3. The highest BCUT2D eigenvalue weighted by atomic mass is 19.2. The van der Waals surface area contributed by atoms with Crippen LogP contribution in [0.25, 0.3) is 11.0 Å². The number of nitrogens with one attached hydrogen (secondary N) is 1. The fourth-order valence-electron chi connectivity index (χ4n) is 1.12. The average molecular weight is 187 g/mol. The fourth-order valence-corrected chi connectivity index (χ4v) is 1.12. The fraction of sp³-hybridized carbons (Fsp3) is 0.143. The van der Waals surface area contributed by atoms with Gasteiger partial charge in [-0.25, -0.2) is 13.2 Å². The number of fused-ring (bicyclic) bond motifs is 1. The third-order valence-corrected chi connectivity index (χ3v) is 1.84. The molecular formula is C7H4F3N3. The minimum Gasteiger partial charge on any atom is -0.254 e. The molecular weight excluding hydrogens is 183 g/mol. The minimum atomic E-state index is -1.50. The Balaban J connectivity index is 3.02. The Labute approximate surface area is 70.6 Å². The van der Waals surface area contributed by atoms with Crippen molar-refractivity contribution in [3.05, 3.63) is 23.0 Å². The van der Waals surface area contributed by atoms with Gasteiger partial charge in [0, 0.05) is 5.56 Å². The topological polar surface area (TPSA) is 41.6 Å². The third-order valence-electron chi connectivity index (χ3n) is 1.84. The Morgan fingerprint density at radius 1 is 1.08 bits per heavy atom. The first-order valence-corrected chi connectivity index (χ1v) is 3.46. The van der Waals surface area contributed by atoms with Gasteiger partial charge >= 0.3 is 0 Å². The van der Waals surface area contributed by atoms with E-state index in [1.165, 1.54) is 6.92 Å². The number of aryl methyl sites for hydroxylation is 1. The van der Waals surface area contributed by atoms with E-state index in [1.807, 2.05) is 0 Å². The minimum absolute atomic E-state index is 0.0106. The van der Waals surface area contributed by atoms with E-state index in [9.17, 15) is 13.2 Å². The van der Waals surface area contributed by atoms with Gasteiger partial charge in [0.15, 0.2) is 17.5 Å². The lowest BCUT2D eigenvalue weighted by Crippen LogP contribution is -1.96. The Bertz CT molecular complexity index is 435. The molecule has 2 rings (SSSR count). The Kier molecular flexibility index (Phi) is 1.51.